The number of nitrogens with zero attached hydrogens (tertiary/aromatic N) is 1. The van der Waals surface area contributed by atoms with E-state index in [1.54, 1.807) is 11.3 Å². The van der Waals surface area contributed by atoms with Crippen molar-refractivity contribution in [1.82, 2.24) is 10.2 Å². The number of nitrogens with one attached hydrogen (secondary N) is 1. The molecule has 2 amide bonds. The third-order valence-electron chi connectivity index (χ3n) is 9.65. The fourth-order valence-corrected chi connectivity index (χ4v) is 8.66. The molecule has 7 atom stereocenters. The Hall–Kier alpha value is -1.36. The van der Waals surface area contributed by atoms with Crippen LogP contribution in [0, 0.1) is 28.6 Å². The maximum absolute atomic E-state index is 12.7. The number of likely N-dealkylation sites (tertiary alicyclic amines) is 1. The van der Waals surface area contributed by atoms with Crippen molar-refractivity contribution in [1.29, 1.82) is 0 Å². The number of hydrogen-bond donors (Lipinski definition) is 1. The molecule has 0 aromatic carbocycles. The maximum atomic E-state index is 12.7. The molecule has 1 saturated heterocycles. The highest BCUT2D eigenvalue weighted by atomic mass is 32.1. The molecule has 2 heterocycles. The van der Waals surface area contributed by atoms with Crippen LogP contribution in [-0.2, 0) is 4.79 Å². The van der Waals surface area contributed by atoms with E-state index in [9.17, 15) is 9.59 Å². The van der Waals surface area contributed by atoms with Gasteiger partial charge in [0.05, 0.1) is 0 Å². The molecule has 1 unspecified atom stereocenters. The minimum Gasteiger partial charge on any atom is -0.349 e. The molecule has 1 aromatic heterocycles. The zero-order valence-corrected chi connectivity index (χ0v) is 18.8. The number of hydrogen-bond acceptors (Lipinski definition) is 3. The Morgan fingerprint density at radius 3 is 2.66 bits per heavy atom. The van der Waals surface area contributed by atoms with E-state index >= 15 is 0 Å². The minimum absolute atomic E-state index is 0.100. The standard InChI is InChI=1S/C24H34N2O2S/c1-23-11-8-18-16(4-7-20-24(18,2)12-9-21(27)26(20)3)17(23)5-6-19(23)25-22(28)15-10-13-29-14-15/h10,13-14,16-20H,4-9,11-12H2,1-3H3,(H,25,28)/t16-,17-,18-,19?,20+,23-,24+/m0/s1. The van der Waals surface area contributed by atoms with Crippen LogP contribution in [0.3, 0.4) is 0 Å². The summed E-state index contributed by atoms with van der Waals surface area (Å²) in [4.78, 5) is 27.1. The van der Waals surface area contributed by atoms with Gasteiger partial charge in [0.2, 0.25) is 5.91 Å². The number of rotatable bonds is 2. The van der Waals surface area contributed by atoms with Crippen LogP contribution in [0.2, 0.25) is 0 Å². The highest BCUT2D eigenvalue weighted by Crippen LogP contribution is 2.64. The first kappa shape index (κ1) is 19.6. The molecule has 5 rings (SSSR count). The SMILES string of the molecule is CN1C(=O)CC[C@]2(C)[C@H]3CC[C@]4(C)C(NC(=O)c5ccsc5)CC[C@H]4[C@@H]3CC[C@@H]12. The van der Waals surface area contributed by atoms with Crippen LogP contribution >= 0.6 is 11.3 Å². The number of fused-ring (bicyclic) bond motifs is 5. The number of piperidine rings is 1. The average Bonchev–Trinajstić information content (AvgIpc) is 3.34. The first-order valence-corrected chi connectivity index (χ1v) is 12.4. The maximum Gasteiger partial charge on any atom is 0.252 e. The quantitative estimate of drug-likeness (QED) is 0.762. The molecule has 1 aromatic rings. The fourth-order valence-electron chi connectivity index (χ4n) is 8.02. The zero-order chi connectivity index (χ0) is 20.4. The lowest BCUT2D eigenvalue weighted by molar-refractivity contribution is -0.157. The van der Waals surface area contributed by atoms with Gasteiger partial charge in [0.1, 0.15) is 0 Å². The van der Waals surface area contributed by atoms with E-state index in [0.717, 1.165) is 36.7 Å². The zero-order valence-electron chi connectivity index (χ0n) is 17.9. The summed E-state index contributed by atoms with van der Waals surface area (Å²) in [5.74, 6) is 2.61. The summed E-state index contributed by atoms with van der Waals surface area (Å²) in [6.45, 7) is 4.93. The van der Waals surface area contributed by atoms with Crippen molar-refractivity contribution < 1.29 is 9.59 Å². The molecule has 0 bridgehead atoms. The third-order valence-corrected chi connectivity index (χ3v) is 10.3. The topological polar surface area (TPSA) is 49.4 Å². The van der Waals surface area contributed by atoms with Crippen LogP contribution in [-0.4, -0.2) is 35.8 Å². The molecule has 29 heavy (non-hydrogen) atoms. The molecular formula is C24H34N2O2S. The predicted octanol–water partition coefficient (Wildman–Crippen LogP) is 4.71. The summed E-state index contributed by atoms with van der Waals surface area (Å²) in [6.07, 6.45) is 8.97. The van der Waals surface area contributed by atoms with Gasteiger partial charge < -0.3 is 10.2 Å². The molecular weight excluding hydrogens is 380 g/mol. The van der Waals surface area contributed by atoms with Crippen molar-refractivity contribution >= 4 is 23.2 Å². The van der Waals surface area contributed by atoms with E-state index in [-0.39, 0.29) is 16.7 Å². The molecule has 0 radical (unpaired) electrons. The molecule has 3 saturated carbocycles. The first-order valence-electron chi connectivity index (χ1n) is 11.4. The fraction of sp³-hybridized carbons (Fsp3) is 0.750. The molecule has 4 nitrogen and oxygen atoms in total. The molecule has 4 aliphatic rings. The summed E-state index contributed by atoms with van der Waals surface area (Å²) in [6, 6.07) is 2.64. The molecule has 1 aliphatic heterocycles. The van der Waals surface area contributed by atoms with E-state index < -0.39 is 0 Å². The Labute approximate surface area is 178 Å². The summed E-state index contributed by atoms with van der Waals surface area (Å²) in [5, 5.41) is 7.33. The van der Waals surface area contributed by atoms with Gasteiger partial charge in [-0.2, -0.15) is 11.3 Å². The Bertz CT molecular complexity index is 808. The molecule has 0 spiro atoms. The van der Waals surface area contributed by atoms with Gasteiger partial charge in [0, 0.05) is 36.5 Å². The first-order chi connectivity index (χ1) is 13.8. The van der Waals surface area contributed by atoms with Gasteiger partial charge in [-0.05, 0) is 85.0 Å². The third kappa shape index (κ3) is 2.83. The molecule has 5 heteroatoms. The van der Waals surface area contributed by atoms with Gasteiger partial charge in [-0.25, -0.2) is 0 Å². The lowest BCUT2D eigenvalue weighted by atomic mass is 9.47. The van der Waals surface area contributed by atoms with Gasteiger partial charge in [-0.1, -0.05) is 13.8 Å². The van der Waals surface area contributed by atoms with E-state index in [4.69, 9.17) is 0 Å². The van der Waals surface area contributed by atoms with Gasteiger partial charge in [0.15, 0.2) is 0 Å². The molecule has 3 aliphatic carbocycles. The van der Waals surface area contributed by atoms with Crippen LogP contribution < -0.4 is 5.32 Å². The highest BCUT2D eigenvalue weighted by Gasteiger charge is 2.61. The van der Waals surface area contributed by atoms with Crippen LogP contribution in [0.15, 0.2) is 16.8 Å². The Morgan fingerprint density at radius 1 is 1.10 bits per heavy atom. The van der Waals surface area contributed by atoms with E-state index in [2.05, 4.69) is 24.1 Å². The number of amides is 2. The van der Waals surface area contributed by atoms with Crippen LogP contribution in [0.25, 0.3) is 0 Å². The normalized spacial score (nSPS) is 44.0. The van der Waals surface area contributed by atoms with Crippen molar-refractivity contribution in [3.63, 3.8) is 0 Å². The second-order valence-electron chi connectivity index (χ2n) is 10.6. The Kier molecular flexibility index (Phi) is 4.61. The van der Waals surface area contributed by atoms with Gasteiger partial charge in [0.25, 0.3) is 5.91 Å². The van der Waals surface area contributed by atoms with E-state index in [1.807, 2.05) is 23.9 Å². The second-order valence-corrected chi connectivity index (χ2v) is 11.4. The lowest BCUT2D eigenvalue weighted by Crippen LogP contribution is -2.62. The smallest absolute Gasteiger partial charge is 0.252 e. The van der Waals surface area contributed by atoms with Crippen molar-refractivity contribution in [3.8, 4) is 0 Å². The summed E-state index contributed by atoms with van der Waals surface area (Å²) in [5.41, 5.74) is 1.29. The Morgan fingerprint density at radius 2 is 1.90 bits per heavy atom. The molecule has 4 fully saturated rings. The van der Waals surface area contributed by atoms with E-state index in [1.165, 1.54) is 25.7 Å². The van der Waals surface area contributed by atoms with Gasteiger partial charge in [-0.3, -0.25) is 9.59 Å². The molecule has 158 valence electrons. The summed E-state index contributed by atoms with van der Waals surface area (Å²) in [7, 11) is 2.03. The van der Waals surface area contributed by atoms with Crippen molar-refractivity contribution in [2.45, 2.75) is 77.3 Å². The van der Waals surface area contributed by atoms with Crippen molar-refractivity contribution in [2.24, 2.45) is 28.6 Å². The largest absolute Gasteiger partial charge is 0.349 e. The van der Waals surface area contributed by atoms with Crippen LogP contribution in [0.4, 0.5) is 0 Å². The van der Waals surface area contributed by atoms with Crippen molar-refractivity contribution in [2.75, 3.05) is 7.05 Å². The van der Waals surface area contributed by atoms with Crippen LogP contribution in [0.1, 0.15) is 75.6 Å². The minimum atomic E-state index is 0.100. The summed E-state index contributed by atoms with van der Waals surface area (Å²) >= 11 is 1.58. The van der Waals surface area contributed by atoms with E-state index in [0.29, 0.717) is 30.3 Å². The molecule has 1 N–H and O–H groups in total. The van der Waals surface area contributed by atoms with Crippen LogP contribution in [0.5, 0.6) is 0 Å². The average molecular weight is 415 g/mol. The number of carbonyl (C=O) groups is 2. The van der Waals surface area contributed by atoms with Crippen molar-refractivity contribution in [3.05, 3.63) is 22.4 Å². The number of thiophene rings is 1. The monoisotopic (exact) mass is 414 g/mol. The van der Waals surface area contributed by atoms with Gasteiger partial charge in [-0.15, -0.1) is 0 Å². The Balaban J connectivity index is 1.36. The predicted molar refractivity (Wildman–Crippen MR) is 116 cm³/mol. The van der Waals surface area contributed by atoms with Gasteiger partial charge >= 0.3 is 0 Å². The second kappa shape index (κ2) is 6.83. The number of carbonyl (C=O) groups excluding carboxylic acids is 2. The summed E-state index contributed by atoms with van der Waals surface area (Å²) < 4.78 is 0. The lowest BCUT2D eigenvalue weighted by Gasteiger charge is -2.61. The highest BCUT2D eigenvalue weighted by molar-refractivity contribution is 7.08.